The zero-order valence-electron chi connectivity index (χ0n) is 11.7. The number of rotatable bonds is 3. The molecule has 2 heterocycles. The summed E-state index contributed by atoms with van der Waals surface area (Å²) in [7, 11) is 0. The Balaban J connectivity index is 1.96. The minimum atomic E-state index is -0.187. The molecule has 1 aromatic carbocycles. The molecule has 104 valence electrons. The molecule has 20 heavy (non-hydrogen) atoms. The molecular weight excluding hydrogens is 252 g/mol. The van der Waals surface area contributed by atoms with E-state index in [9.17, 15) is 0 Å². The van der Waals surface area contributed by atoms with E-state index in [-0.39, 0.29) is 5.60 Å². The van der Waals surface area contributed by atoms with E-state index in [0.29, 0.717) is 12.3 Å². The lowest BCUT2D eigenvalue weighted by atomic mass is 10.0. The summed E-state index contributed by atoms with van der Waals surface area (Å²) in [6.07, 6.45) is 4.28. The highest BCUT2D eigenvalue weighted by Crippen LogP contribution is 2.43. The van der Waals surface area contributed by atoms with E-state index in [1.807, 2.05) is 18.2 Å². The van der Waals surface area contributed by atoms with Gasteiger partial charge in [-0.3, -0.25) is 4.98 Å². The lowest BCUT2D eigenvalue weighted by Crippen LogP contribution is -2.24. The summed E-state index contributed by atoms with van der Waals surface area (Å²) in [5.74, 6) is 2.22. The third-order valence-corrected chi connectivity index (χ3v) is 3.36. The van der Waals surface area contributed by atoms with Crippen molar-refractivity contribution in [2.24, 2.45) is 5.73 Å². The summed E-state index contributed by atoms with van der Waals surface area (Å²) in [5.41, 5.74) is 7.63. The van der Waals surface area contributed by atoms with Crippen molar-refractivity contribution in [3.8, 4) is 17.2 Å². The van der Waals surface area contributed by atoms with Gasteiger partial charge in [0, 0.05) is 30.3 Å². The van der Waals surface area contributed by atoms with E-state index in [4.69, 9.17) is 15.2 Å². The van der Waals surface area contributed by atoms with E-state index in [2.05, 4.69) is 24.9 Å². The van der Waals surface area contributed by atoms with Gasteiger partial charge >= 0.3 is 0 Å². The summed E-state index contributed by atoms with van der Waals surface area (Å²) in [5, 5.41) is 0. The first-order valence-corrected chi connectivity index (χ1v) is 6.71. The largest absolute Gasteiger partial charge is 0.483 e. The van der Waals surface area contributed by atoms with Gasteiger partial charge in [0.1, 0.15) is 11.4 Å². The van der Waals surface area contributed by atoms with E-state index >= 15 is 0 Å². The smallest absolute Gasteiger partial charge is 0.169 e. The topological polar surface area (TPSA) is 57.4 Å². The van der Waals surface area contributed by atoms with Gasteiger partial charge in [-0.05, 0) is 26.0 Å². The lowest BCUT2D eigenvalue weighted by molar-refractivity contribution is 0.135. The van der Waals surface area contributed by atoms with Crippen LogP contribution in [-0.4, -0.2) is 10.6 Å². The summed E-state index contributed by atoms with van der Waals surface area (Å²) in [6, 6.07) is 7.83. The van der Waals surface area contributed by atoms with Gasteiger partial charge in [-0.25, -0.2) is 0 Å². The lowest BCUT2D eigenvalue weighted by Gasteiger charge is -2.18. The van der Waals surface area contributed by atoms with Gasteiger partial charge in [-0.1, -0.05) is 12.1 Å². The molecule has 2 N–H and O–H groups in total. The van der Waals surface area contributed by atoms with Gasteiger partial charge < -0.3 is 15.2 Å². The fourth-order valence-corrected chi connectivity index (χ4v) is 2.46. The molecule has 2 aromatic rings. The zero-order chi connectivity index (χ0) is 14.2. The van der Waals surface area contributed by atoms with Crippen LogP contribution in [-0.2, 0) is 13.0 Å². The SMILES string of the molecule is CC1(C)Cc2cccc(Oc3cnccc3CN)c2O1. The molecule has 0 fully saturated rings. The predicted molar refractivity (Wildman–Crippen MR) is 77.1 cm³/mol. The molecule has 0 amide bonds. The third-order valence-electron chi connectivity index (χ3n) is 3.36. The molecule has 4 heteroatoms. The van der Waals surface area contributed by atoms with Crippen molar-refractivity contribution >= 4 is 0 Å². The maximum Gasteiger partial charge on any atom is 0.169 e. The predicted octanol–water partition coefficient (Wildman–Crippen LogP) is 3.05. The molecule has 4 nitrogen and oxygen atoms in total. The molecule has 1 aliphatic heterocycles. The van der Waals surface area contributed by atoms with Crippen LogP contribution in [0.25, 0.3) is 0 Å². The maximum atomic E-state index is 5.99. The van der Waals surface area contributed by atoms with E-state index in [1.54, 1.807) is 12.4 Å². The van der Waals surface area contributed by atoms with Gasteiger partial charge in [0.05, 0.1) is 6.20 Å². The van der Waals surface area contributed by atoms with Crippen LogP contribution in [0.2, 0.25) is 0 Å². The van der Waals surface area contributed by atoms with Crippen molar-refractivity contribution in [2.45, 2.75) is 32.4 Å². The Hall–Kier alpha value is -2.07. The number of fused-ring (bicyclic) bond motifs is 1. The first kappa shape index (κ1) is 12.9. The van der Waals surface area contributed by atoms with Crippen LogP contribution >= 0.6 is 0 Å². The van der Waals surface area contributed by atoms with Crippen molar-refractivity contribution in [1.82, 2.24) is 4.98 Å². The Morgan fingerprint density at radius 2 is 2.15 bits per heavy atom. The van der Waals surface area contributed by atoms with Crippen LogP contribution < -0.4 is 15.2 Å². The second kappa shape index (κ2) is 4.80. The third kappa shape index (κ3) is 2.34. The van der Waals surface area contributed by atoms with Crippen LogP contribution in [0.1, 0.15) is 25.0 Å². The maximum absolute atomic E-state index is 5.99. The second-order valence-corrected chi connectivity index (χ2v) is 5.57. The molecule has 0 bridgehead atoms. The average Bonchev–Trinajstić information content (AvgIpc) is 2.74. The van der Waals surface area contributed by atoms with Crippen LogP contribution in [0, 0.1) is 0 Å². The van der Waals surface area contributed by atoms with E-state index < -0.39 is 0 Å². The van der Waals surface area contributed by atoms with Crippen molar-refractivity contribution in [2.75, 3.05) is 0 Å². The number of hydrogen-bond donors (Lipinski definition) is 1. The number of para-hydroxylation sites is 1. The molecule has 0 saturated carbocycles. The number of pyridine rings is 1. The van der Waals surface area contributed by atoms with Crippen molar-refractivity contribution in [3.05, 3.63) is 47.8 Å². The number of nitrogens with two attached hydrogens (primary N) is 1. The minimum absolute atomic E-state index is 0.187. The van der Waals surface area contributed by atoms with Crippen LogP contribution in [0.3, 0.4) is 0 Å². The fourth-order valence-electron chi connectivity index (χ4n) is 2.46. The highest BCUT2D eigenvalue weighted by Gasteiger charge is 2.32. The van der Waals surface area contributed by atoms with Crippen molar-refractivity contribution < 1.29 is 9.47 Å². The van der Waals surface area contributed by atoms with Gasteiger partial charge in [0.15, 0.2) is 11.5 Å². The Kier molecular flexibility index (Phi) is 3.10. The zero-order valence-corrected chi connectivity index (χ0v) is 11.7. The van der Waals surface area contributed by atoms with Gasteiger partial charge in [0.2, 0.25) is 0 Å². The normalized spacial score (nSPS) is 15.6. The molecule has 1 aromatic heterocycles. The van der Waals surface area contributed by atoms with Gasteiger partial charge in [-0.15, -0.1) is 0 Å². The quantitative estimate of drug-likeness (QED) is 0.931. The molecule has 0 radical (unpaired) electrons. The van der Waals surface area contributed by atoms with E-state index in [0.717, 1.165) is 23.5 Å². The number of aromatic nitrogens is 1. The minimum Gasteiger partial charge on any atom is -0.483 e. The van der Waals surface area contributed by atoms with Crippen LogP contribution in [0.5, 0.6) is 17.2 Å². The molecule has 3 rings (SSSR count). The highest BCUT2D eigenvalue weighted by atomic mass is 16.5. The number of benzene rings is 1. The Morgan fingerprint density at radius 3 is 2.95 bits per heavy atom. The molecule has 0 atom stereocenters. The fraction of sp³-hybridized carbons (Fsp3) is 0.312. The summed E-state index contributed by atoms with van der Waals surface area (Å²) >= 11 is 0. The molecule has 0 saturated heterocycles. The first-order valence-electron chi connectivity index (χ1n) is 6.71. The Labute approximate surface area is 118 Å². The molecular formula is C16H18N2O2. The standard InChI is InChI=1S/C16H18N2O2/c1-16(2)8-11-4-3-5-13(15(11)20-16)19-14-10-18-7-6-12(14)9-17/h3-7,10H,8-9,17H2,1-2H3. The first-order chi connectivity index (χ1) is 9.59. The van der Waals surface area contributed by atoms with Crippen LogP contribution in [0.4, 0.5) is 0 Å². The number of ether oxygens (including phenoxy) is 2. The number of nitrogens with zero attached hydrogens (tertiary/aromatic N) is 1. The van der Waals surface area contributed by atoms with Crippen molar-refractivity contribution in [1.29, 1.82) is 0 Å². The summed E-state index contributed by atoms with van der Waals surface area (Å²) in [6.45, 7) is 4.57. The Morgan fingerprint density at radius 1 is 1.30 bits per heavy atom. The number of hydrogen-bond acceptors (Lipinski definition) is 4. The van der Waals surface area contributed by atoms with Crippen LogP contribution in [0.15, 0.2) is 36.7 Å². The Bertz CT molecular complexity index is 638. The molecule has 1 aliphatic rings. The van der Waals surface area contributed by atoms with Gasteiger partial charge in [0.25, 0.3) is 0 Å². The summed E-state index contributed by atoms with van der Waals surface area (Å²) < 4.78 is 12.0. The molecule has 0 aliphatic carbocycles. The van der Waals surface area contributed by atoms with Crippen molar-refractivity contribution in [3.63, 3.8) is 0 Å². The van der Waals surface area contributed by atoms with E-state index in [1.165, 1.54) is 5.56 Å². The average molecular weight is 270 g/mol. The summed E-state index contributed by atoms with van der Waals surface area (Å²) in [4.78, 5) is 4.09. The molecule has 0 unspecified atom stereocenters. The molecule has 0 spiro atoms. The monoisotopic (exact) mass is 270 g/mol. The second-order valence-electron chi connectivity index (χ2n) is 5.57. The van der Waals surface area contributed by atoms with Gasteiger partial charge in [-0.2, -0.15) is 0 Å². The highest BCUT2D eigenvalue weighted by molar-refractivity contribution is 5.52.